The van der Waals surface area contributed by atoms with E-state index in [4.69, 9.17) is 28.2 Å². The minimum absolute atomic E-state index is 0.00260. The van der Waals surface area contributed by atoms with Gasteiger partial charge in [0.25, 0.3) is 0 Å². The van der Waals surface area contributed by atoms with Crippen molar-refractivity contribution in [2.24, 2.45) is 51.2 Å². The molecule has 6 atom stereocenters. The standard InChI is InChI=1S/C20H29N3O2.2C19H27N3O2.C18H22ClN3.C18H25N3O2.C17H22ClN3O/c1-5-17(24)13-9-10-15-16(11-13)23(14-7-6-8-14)19(21-15)22-18(25)12-20(2,3)4;1-12(23)13-8-9-15-16(10-13)22(14-6-5-7-14)18(20-15)21-17(24)11-19(2,3)4;1-11(2)12(3)18(24)21-19-20-16-9-8-14(13(4)23)10-17(16)22(19)15-6-5-7-15;1-11(14-10-18(14,2)3)20-17-21-15-8-7-12(19)9-16(15)22(17)13-5-4-6-13;1-11(2)12(3)17(23)20-18-19-15-8-7-13(10-22)9-16(15)21(18)14-5-4-6-14;1-17(2,3)10-15(22)20-16-19-13-8-7-11(18)9-14(13)21(16)12-5-4-6-12/h9-11,14,17,24H,5-8,12H2,1-4H3,(H,21,22,25);8-10,12,14,23H,5-7,11H2,1-4H3,(H,20,21,24);8-13,15,23H,5-7H2,1-4H3,(H,20,21,24);7-9,13-14H,1,4-6,10H2,2-3H3,(H,20,21);7-9,11-12,14,22H,4-6,10H2,1-3H3,(H,19,20,23);7-9,12H,4-6,10H2,1-3H3,(H,19,20,22)/t;;12-,13?;14-;12-;/m..010./s1. The highest BCUT2D eigenvalue weighted by Gasteiger charge is 2.48. The molecule has 0 radical (unpaired) electrons. The molecule has 0 bridgehead atoms. The van der Waals surface area contributed by atoms with Gasteiger partial charge in [-0.3, -0.25) is 50.6 Å². The Kier molecular flexibility index (Phi) is 33.2. The van der Waals surface area contributed by atoms with Crippen molar-refractivity contribution in [3.05, 3.63) is 154 Å². The second kappa shape index (κ2) is 44.1. The van der Waals surface area contributed by atoms with Gasteiger partial charge in [0.15, 0.2) is 0 Å². The molecule has 12 aromatic rings. The number of benzene rings is 6. The Morgan fingerprint density at radius 3 is 0.886 bits per heavy atom. The SMILES string of the molecule is C=C(Nc1nc2ccc(Cl)cc2n1C1CCC1)[C@H]1CC1(C)C.CC(C)(C)CC(=O)Nc1nc2ccc(Cl)cc2n1C1CCC1.CC(C)[C@H](C)C(=O)Nc1nc2ccc(CO)cc2n1C1CCC1.CC(O)c1ccc2nc(NC(=O)CC(C)(C)C)n(C3CCC3)c2c1.CC(O)c1ccc2nc(NC(=O)[C@@H](C)C(C)C)n(C3CCC3)c2c1.CCC(O)c1ccc2nc(NC(=O)CC(C)(C)C)n(C3CCC3)c2c1. The van der Waals surface area contributed by atoms with Gasteiger partial charge in [-0.15, -0.1) is 0 Å². The normalized spacial score (nSPS) is 17.8. The number of anilines is 6. The van der Waals surface area contributed by atoms with E-state index in [2.05, 4.69) is 167 Å². The summed E-state index contributed by atoms with van der Waals surface area (Å²) in [6.45, 7) is 44.9. The Bertz CT molecular complexity index is 6430. The number of fused-ring (bicyclic) bond motifs is 6. The third-order valence-electron chi connectivity index (χ3n) is 29.1. The fourth-order valence-corrected chi connectivity index (χ4v) is 18.9. The zero-order chi connectivity index (χ0) is 101. The van der Waals surface area contributed by atoms with Crippen molar-refractivity contribution in [2.45, 2.75) is 347 Å². The predicted octanol–water partition coefficient (Wildman–Crippen LogP) is 26.5. The van der Waals surface area contributed by atoms with E-state index in [0.29, 0.717) is 108 Å². The first-order valence-corrected chi connectivity index (χ1v) is 52.0. The summed E-state index contributed by atoms with van der Waals surface area (Å²) in [6.07, 6.45) is 22.6. The number of nitrogens with one attached hydrogen (secondary N) is 6. The smallest absolute Gasteiger partial charge is 0.229 e. The lowest BCUT2D eigenvalue weighted by Crippen LogP contribution is -2.27. The van der Waals surface area contributed by atoms with Crippen LogP contribution in [0.15, 0.2) is 121 Å². The van der Waals surface area contributed by atoms with Crippen LogP contribution in [0.4, 0.5) is 35.7 Å². The van der Waals surface area contributed by atoms with Gasteiger partial charge in [-0.2, -0.15) is 0 Å². The molecule has 754 valence electrons. The molecule has 6 heterocycles. The number of hydrogen-bond donors (Lipinski definition) is 10. The number of hydrogen-bond acceptors (Lipinski definition) is 16. The average Bonchev–Trinajstić information content (AvgIpc) is 1.59. The highest BCUT2D eigenvalue weighted by Crippen LogP contribution is 2.56. The molecule has 29 heteroatoms. The number of amides is 5. The minimum Gasteiger partial charge on any atom is -0.392 e. The summed E-state index contributed by atoms with van der Waals surface area (Å²) in [6, 6.07) is 37.4. The van der Waals surface area contributed by atoms with E-state index < -0.39 is 18.3 Å². The van der Waals surface area contributed by atoms with Crippen LogP contribution in [0.3, 0.4) is 0 Å². The van der Waals surface area contributed by atoms with Crippen molar-refractivity contribution in [3.8, 4) is 0 Å². The van der Waals surface area contributed by atoms with Gasteiger partial charge in [0, 0.05) is 89.0 Å². The fraction of sp³-hybridized carbons (Fsp3) is 0.559. The molecule has 5 amide bonds. The molecule has 27 nitrogen and oxygen atoms in total. The predicted molar refractivity (Wildman–Crippen MR) is 566 cm³/mol. The van der Waals surface area contributed by atoms with Gasteiger partial charge in [-0.1, -0.05) is 179 Å². The Balaban J connectivity index is 0.000000134. The van der Waals surface area contributed by atoms with Gasteiger partial charge < -0.3 is 53.1 Å². The second-order valence-corrected chi connectivity index (χ2v) is 46.3. The van der Waals surface area contributed by atoms with Gasteiger partial charge in [-0.25, -0.2) is 29.9 Å². The molecule has 0 spiro atoms. The van der Waals surface area contributed by atoms with E-state index in [1.807, 2.05) is 158 Å². The maximum atomic E-state index is 12.5. The van der Waals surface area contributed by atoms with Gasteiger partial charge >= 0.3 is 0 Å². The lowest BCUT2D eigenvalue weighted by atomic mass is 9.92. The maximum absolute atomic E-state index is 12.5. The molecule has 7 saturated carbocycles. The number of allylic oxidation sites excluding steroid dienone is 1. The largest absolute Gasteiger partial charge is 0.392 e. The molecule has 140 heavy (non-hydrogen) atoms. The number of nitrogens with zero attached hydrogens (tertiary/aromatic N) is 12. The fourth-order valence-electron chi connectivity index (χ4n) is 18.6. The van der Waals surface area contributed by atoms with Crippen LogP contribution < -0.4 is 31.9 Å². The highest BCUT2D eigenvalue weighted by atomic mass is 35.5. The Morgan fingerprint density at radius 2 is 0.636 bits per heavy atom. The summed E-state index contributed by atoms with van der Waals surface area (Å²) in [4.78, 5) is 89.9. The van der Waals surface area contributed by atoms with Crippen LogP contribution >= 0.6 is 23.2 Å². The van der Waals surface area contributed by atoms with Crippen molar-refractivity contribution >= 4 is 155 Å². The molecule has 7 aliphatic rings. The average molecular weight is 1950 g/mol. The van der Waals surface area contributed by atoms with Crippen LogP contribution in [0, 0.1) is 51.2 Å². The van der Waals surface area contributed by atoms with E-state index in [9.17, 15) is 44.4 Å². The third kappa shape index (κ3) is 25.4. The quantitative estimate of drug-likeness (QED) is 0.0241. The zero-order valence-electron chi connectivity index (χ0n) is 86.1. The summed E-state index contributed by atoms with van der Waals surface area (Å²) < 4.78 is 13.1. The van der Waals surface area contributed by atoms with Crippen molar-refractivity contribution in [1.82, 2.24) is 57.3 Å². The first-order chi connectivity index (χ1) is 66.2. The number of imidazole rings is 6. The molecular formula is C111H152Cl2N18O9. The van der Waals surface area contributed by atoms with Crippen molar-refractivity contribution in [1.29, 1.82) is 0 Å². The molecule has 6 aromatic heterocycles. The number of aliphatic hydroxyl groups excluding tert-OH is 4. The number of rotatable bonds is 26. The molecule has 0 aliphatic heterocycles. The van der Waals surface area contributed by atoms with Gasteiger partial charge in [-0.05, 0) is 283 Å². The Morgan fingerprint density at radius 1 is 0.386 bits per heavy atom. The molecule has 0 saturated heterocycles. The van der Waals surface area contributed by atoms with E-state index in [0.717, 1.165) is 169 Å². The summed E-state index contributed by atoms with van der Waals surface area (Å²) in [5.74, 6) is 5.14. The first-order valence-electron chi connectivity index (χ1n) is 51.2. The third-order valence-corrected chi connectivity index (χ3v) is 29.6. The summed E-state index contributed by atoms with van der Waals surface area (Å²) in [5, 5.41) is 59.3. The van der Waals surface area contributed by atoms with Crippen LogP contribution in [0.1, 0.15) is 363 Å². The zero-order valence-corrected chi connectivity index (χ0v) is 87.6. The first kappa shape index (κ1) is 105. The lowest BCUT2D eigenvalue weighted by Gasteiger charge is -2.29. The van der Waals surface area contributed by atoms with E-state index in [1.54, 1.807) is 13.8 Å². The molecule has 3 unspecified atom stereocenters. The number of halogens is 2. The van der Waals surface area contributed by atoms with Crippen LogP contribution in [-0.4, -0.2) is 107 Å². The van der Waals surface area contributed by atoms with Crippen LogP contribution in [0.25, 0.3) is 66.2 Å². The van der Waals surface area contributed by atoms with Crippen molar-refractivity contribution < 1.29 is 44.4 Å². The molecule has 7 aliphatic carbocycles. The number of aromatic nitrogens is 12. The maximum Gasteiger partial charge on any atom is 0.229 e. The van der Waals surface area contributed by atoms with Gasteiger partial charge in [0.2, 0.25) is 65.2 Å². The van der Waals surface area contributed by atoms with Gasteiger partial charge in [0.05, 0.1) is 91.1 Å². The monoisotopic (exact) mass is 1950 g/mol. The second-order valence-electron chi connectivity index (χ2n) is 45.4. The van der Waals surface area contributed by atoms with Crippen LogP contribution in [0.2, 0.25) is 10.0 Å². The van der Waals surface area contributed by atoms with E-state index in [-0.39, 0.29) is 76.1 Å². The molecule has 10 N–H and O–H groups in total. The number of carbonyl (C=O) groups is 5. The number of aliphatic hydroxyl groups is 4. The topological polar surface area (TPSA) is 345 Å². The van der Waals surface area contributed by atoms with Crippen LogP contribution in [0.5, 0.6) is 0 Å². The highest BCUT2D eigenvalue weighted by molar-refractivity contribution is 6.31. The Hall–Kier alpha value is -10.6. The lowest BCUT2D eigenvalue weighted by molar-refractivity contribution is -0.121. The van der Waals surface area contributed by atoms with E-state index >= 15 is 0 Å². The minimum atomic E-state index is -0.516. The summed E-state index contributed by atoms with van der Waals surface area (Å²) in [5.41, 5.74) is 16.3. The Labute approximate surface area is 835 Å². The molecule has 7 fully saturated rings. The van der Waals surface area contributed by atoms with E-state index in [1.165, 1.54) is 57.8 Å². The van der Waals surface area contributed by atoms with Gasteiger partial charge in [0.1, 0.15) is 0 Å². The summed E-state index contributed by atoms with van der Waals surface area (Å²) in [7, 11) is 0. The molecule has 6 aromatic carbocycles. The molecular weight excluding hydrogens is 1800 g/mol. The van der Waals surface area contributed by atoms with Crippen LogP contribution in [-0.2, 0) is 30.6 Å². The van der Waals surface area contributed by atoms with Crippen molar-refractivity contribution in [2.75, 3.05) is 31.9 Å². The van der Waals surface area contributed by atoms with Crippen molar-refractivity contribution in [3.63, 3.8) is 0 Å². The molecule has 19 rings (SSSR count). The number of carbonyl (C=O) groups excluding carboxylic acids is 5. The summed E-state index contributed by atoms with van der Waals surface area (Å²) >= 11 is 12.3.